The van der Waals surface area contributed by atoms with Crippen molar-refractivity contribution in [1.82, 2.24) is 4.98 Å². The zero-order chi connectivity index (χ0) is 13.1. The molecular weight excluding hydrogens is 316 g/mol. The predicted molar refractivity (Wildman–Crippen MR) is 78.0 cm³/mol. The number of rotatable bonds is 3. The van der Waals surface area contributed by atoms with Gasteiger partial charge >= 0.3 is 0 Å². The Morgan fingerprint density at radius 2 is 2.11 bits per heavy atom. The fraction of sp³-hybridized carbons (Fsp3) is 0.154. The molecule has 0 spiro atoms. The fourth-order valence-electron chi connectivity index (χ4n) is 1.53. The lowest BCUT2D eigenvalue weighted by atomic mass is 10.2. The molecule has 2 rings (SSSR count). The Hall–Kier alpha value is -1.26. The summed E-state index contributed by atoms with van der Waals surface area (Å²) in [6, 6.07) is 7.54. The molecule has 2 aromatic rings. The van der Waals surface area contributed by atoms with Crippen molar-refractivity contribution in [3.63, 3.8) is 0 Å². The van der Waals surface area contributed by atoms with Crippen LogP contribution in [0, 0.1) is 6.92 Å². The van der Waals surface area contributed by atoms with Crippen molar-refractivity contribution in [2.45, 2.75) is 6.92 Å². The maximum atomic E-state index is 6.10. The van der Waals surface area contributed by atoms with Crippen LogP contribution in [0.5, 0.6) is 5.75 Å². The number of anilines is 2. The van der Waals surface area contributed by atoms with Crippen molar-refractivity contribution in [3.8, 4) is 5.75 Å². The molecule has 1 aromatic carbocycles. The predicted octanol–water partition coefficient (Wildman–Crippen LogP) is 4.56. The molecule has 0 radical (unpaired) electrons. The first-order chi connectivity index (χ1) is 8.60. The van der Waals surface area contributed by atoms with E-state index in [-0.39, 0.29) is 0 Å². The summed E-state index contributed by atoms with van der Waals surface area (Å²) in [5.41, 5.74) is 1.96. The van der Waals surface area contributed by atoms with Gasteiger partial charge in [-0.3, -0.25) is 0 Å². The average molecular weight is 328 g/mol. The molecule has 0 bridgehead atoms. The first-order valence-corrected chi connectivity index (χ1v) is 6.50. The molecule has 0 atom stereocenters. The number of ether oxygens (including phenoxy) is 1. The zero-order valence-corrected chi connectivity index (χ0v) is 12.3. The van der Waals surface area contributed by atoms with Crippen LogP contribution in [0.1, 0.15) is 5.56 Å². The molecule has 1 heterocycles. The molecular formula is C13H12BrClN2O. The highest BCUT2D eigenvalue weighted by Crippen LogP contribution is 2.31. The summed E-state index contributed by atoms with van der Waals surface area (Å²) in [6.45, 7) is 1.99. The van der Waals surface area contributed by atoms with Crippen LogP contribution in [0.15, 0.2) is 34.9 Å². The van der Waals surface area contributed by atoms with Crippen molar-refractivity contribution in [1.29, 1.82) is 0 Å². The van der Waals surface area contributed by atoms with Crippen molar-refractivity contribution < 1.29 is 4.74 Å². The van der Waals surface area contributed by atoms with Crippen LogP contribution in [0.2, 0.25) is 5.02 Å². The van der Waals surface area contributed by atoms with Crippen molar-refractivity contribution >= 4 is 39.0 Å². The largest absolute Gasteiger partial charge is 0.495 e. The maximum absolute atomic E-state index is 6.10. The number of hydrogen-bond acceptors (Lipinski definition) is 3. The number of benzene rings is 1. The van der Waals surface area contributed by atoms with Gasteiger partial charge in [-0.25, -0.2) is 4.98 Å². The molecule has 3 nitrogen and oxygen atoms in total. The molecule has 94 valence electrons. The van der Waals surface area contributed by atoms with Crippen molar-refractivity contribution in [3.05, 3.63) is 45.5 Å². The Labute approximate surface area is 119 Å². The van der Waals surface area contributed by atoms with E-state index in [9.17, 15) is 0 Å². The molecule has 0 saturated heterocycles. The Morgan fingerprint density at radius 1 is 1.33 bits per heavy atom. The van der Waals surface area contributed by atoms with Crippen LogP contribution in [0.25, 0.3) is 0 Å². The molecule has 5 heteroatoms. The van der Waals surface area contributed by atoms with Crippen molar-refractivity contribution in [2.24, 2.45) is 0 Å². The van der Waals surface area contributed by atoms with Gasteiger partial charge in [0.15, 0.2) is 0 Å². The highest BCUT2D eigenvalue weighted by Gasteiger charge is 2.06. The van der Waals surface area contributed by atoms with Crippen LogP contribution in [0.4, 0.5) is 11.5 Å². The molecule has 1 aromatic heterocycles. The lowest BCUT2D eigenvalue weighted by Crippen LogP contribution is -1.96. The summed E-state index contributed by atoms with van der Waals surface area (Å²) in [5.74, 6) is 1.44. The molecule has 0 unspecified atom stereocenters. The second-order valence-corrected chi connectivity index (χ2v) is 5.11. The summed E-state index contributed by atoms with van der Waals surface area (Å²) in [7, 11) is 1.60. The molecule has 0 aliphatic heterocycles. The SMILES string of the molecule is COc1cc(C)c(Nc2ccc(Br)cn2)cc1Cl. The minimum atomic E-state index is 0.572. The van der Waals surface area contributed by atoms with E-state index >= 15 is 0 Å². The number of aromatic nitrogens is 1. The van der Waals surface area contributed by atoms with Gasteiger partial charge in [-0.05, 0) is 52.7 Å². The maximum Gasteiger partial charge on any atom is 0.137 e. The zero-order valence-electron chi connectivity index (χ0n) is 10.00. The van der Waals surface area contributed by atoms with Crippen LogP contribution < -0.4 is 10.1 Å². The highest BCUT2D eigenvalue weighted by atomic mass is 79.9. The standard InChI is InChI=1S/C13H12BrClN2O/c1-8-5-12(18-2)10(15)6-11(8)17-13-4-3-9(14)7-16-13/h3-7H,1-2H3,(H,16,17). The van der Waals surface area contributed by atoms with E-state index in [0.29, 0.717) is 10.8 Å². The summed E-state index contributed by atoms with van der Waals surface area (Å²) < 4.78 is 6.11. The third kappa shape index (κ3) is 2.94. The van der Waals surface area contributed by atoms with E-state index in [2.05, 4.69) is 26.2 Å². The summed E-state index contributed by atoms with van der Waals surface area (Å²) in [6.07, 6.45) is 1.74. The Kier molecular flexibility index (Phi) is 4.09. The summed E-state index contributed by atoms with van der Waals surface area (Å²) in [4.78, 5) is 4.25. The number of nitrogens with zero attached hydrogens (tertiary/aromatic N) is 1. The second-order valence-electron chi connectivity index (χ2n) is 3.79. The van der Waals surface area contributed by atoms with Gasteiger partial charge in [-0.15, -0.1) is 0 Å². The van der Waals surface area contributed by atoms with Gasteiger partial charge in [0.05, 0.1) is 12.1 Å². The number of nitrogens with one attached hydrogen (secondary N) is 1. The van der Waals surface area contributed by atoms with Gasteiger partial charge < -0.3 is 10.1 Å². The highest BCUT2D eigenvalue weighted by molar-refractivity contribution is 9.10. The van der Waals surface area contributed by atoms with E-state index in [0.717, 1.165) is 21.5 Å². The van der Waals surface area contributed by atoms with Crippen LogP contribution in [0.3, 0.4) is 0 Å². The third-order valence-electron chi connectivity index (χ3n) is 2.49. The van der Waals surface area contributed by atoms with Crippen LogP contribution in [-0.4, -0.2) is 12.1 Å². The van der Waals surface area contributed by atoms with Gasteiger partial charge in [-0.1, -0.05) is 11.6 Å². The fourth-order valence-corrected chi connectivity index (χ4v) is 2.01. The molecule has 1 N–H and O–H groups in total. The molecule has 0 saturated carbocycles. The summed E-state index contributed by atoms with van der Waals surface area (Å²) >= 11 is 9.45. The first kappa shape index (κ1) is 13.2. The number of aryl methyl sites for hydroxylation is 1. The first-order valence-electron chi connectivity index (χ1n) is 5.33. The van der Waals surface area contributed by atoms with Crippen molar-refractivity contribution in [2.75, 3.05) is 12.4 Å². The molecule has 0 aliphatic rings. The van der Waals surface area contributed by atoms with Gasteiger partial charge in [0.2, 0.25) is 0 Å². The quantitative estimate of drug-likeness (QED) is 0.897. The summed E-state index contributed by atoms with van der Waals surface area (Å²) in [5, 5.41) is 3.79. The Morgan fingerprint density at radius 3 is 2.72 bits per heavy atom. The van der Waals surface area contributed by atoms with Crippen LogP contribution >= 0.6 is 27.5 Å². The number of pyridine rings is 1. The monoisotopic (exact) mass is 326 g/mol. The Bertz CT molecular complexity index is 558. The minimum absolute atomic E-state index is 0.572. The van der Waals surface area contributed by atoms with E-state index in [1.54, 1.807) is 13.3 Å². The smallest absolute Gasteiger partial charge is 0.137 e. The Balaban J connectivity index is 2.29. The van der Waals surface area contributed by atoms with E-state index < -0.39 is 0 Å². The number of halogens is 2. The number of methoxy groups -OCH3 is 1. The van der Waals surface area contributed by atoms with Gasteiger partial charge in [0.25, 0.3) is 0 Å². The molecule has 18 heavy (non-hydrogen) atoms. The molecule has 0 amide bonds. The van der Waals surface area contributed by atoms with Gasteiger partial charge in [-0.2, -0.15) is 0 Å². The van der Waals surface area contributed by atoms with E-state index in [1.807, 2.05) is 31.2 Å². The van der Waals surface area contributed by atoms with Gasteiger partial charge in [0.1, 0.15) is 11.6 Å². The molecule has 0 aliphatic carbocycles. The van der Waals surface area contributed by atoms with E-state index in [4.69, 9.17) is 16.3 Å². The molecule has 0 fully saturated rings. The lowest BCUT2D eigenvalue weighted by Gasteiger charge is -2.11. The van der Waals surface area contributed by atoms with Crippen LogP contribution in [-0.2, 0) is 0 Å². The minimum Gasteiger partial charge on any atom is -0.495 e. The lowest BCUT2D eigenvalue weighted by molar-refractivity contribution is 0.415. The second kappa shape index (κ2) is 5.59. The van der Waals surface area contributed by atoms with E-state index in [1.165, 1.54) is 0 Å². The average Bonchev–Trinajstić information content (AvgIpc) is 2.36. The number of hydrogen-bond donors (Lipinski definition) is 1. The normalized spacial score (nSPS) is 10.2. The third-order valence-corrected chi connectivity index (χ3v) is 3.25. The van der Waals surface area contributed by atoms with Gasteiger partial charge in [0, 0.05) is 16.4 Å². The topological polar surface area (TPSA) is 34.1 Å².